The molecule has 1 rings (SSSR count). The Bertz CT molecular complexity index is 521. The predicted octanol–water partition coefficient (Wildman–Crippen LogP) is 2.37. The van der Waals surface area contributed by atoms with E-state index in [-0.39, 0.29) is 0 Å². The maximum absolute atomic E-state index is 12.0. The molecule has 0 bridgehead atoms. The van der Waals surface area contributed by atoms with Crippen LogP contribution >= 0.6 is 0 Å². The van der Waals surface area contributed by atoms with Crippen molar-refractivity contribution in [1.29, 1.82) is 0 Å². The van der Waals surface area contributed by atoms with Gasteiger partial charge in [-0.05, 0) is 17.5 Å². The lowest BCUT2D eigenvalue weighted by Crippen LogP contribution is -2.50. The first-order valence-corrected chi connectivity index (χ1v) is 6.69. The number of rotatable bonds is 4. The third-order valence-corrected chi connectivity index (χ3v) is 3.02. The van der Waals surface area contributed by atoms with Crippen LogP contribution in [0.2, 0.25) is 0 Å². The zero-order valence-electron chi connectivity index (χ0n) is 13.1. The molecule has 0 unspecified atom stereocenters. The third-order valence-electron chi connectivity index (χ3n) is 3.02. The van der Waals surface area contributed by atoms with E-state index >= 15 is 0 Å². The predicted molar refractivity (Wildman–Crippen MR) is 83.8 cm³/mol. The second-order valence-electron chi connectivity index (χ2n) is 6.15. The van der Waals surface area contributed by atoms with Crippen LogP contribution in [0, 0.1) is 5.41 Å². The second kappa shape index (κ2) is 6.47. The van der Waals surface area contributed by atoms with Gasteiger partial charge in [0.2, 0.25) is 0 Å². The Morgan fingerprint density at radius 3 is 2.24 bits per heavy atom. The molecule has 0 spiro atoms. The number of nitrogens with one attached hydrogen (secondary N) is 2. The monoisotopic (exact) mass is 293 g/mol. The number of carbonyl (C=O) groups excluding carboxylic acids is 1. The van der Waals surface area contributed by atoms with Gasteiger partial charge in [0.25, 0.3) is 0 Å². The summed E-state index contributed by atoms with van der Waals surface area (Å²) in [5.41, 5.74) is 0.887. The minimum absolute atomic E-state index is 0.536. The molecule has 0 aliphatic rings. The van der Waals surface area contributed by atoms with Gasteiger partial charge in [-0.2, -0.15) is 0 Å². The molecule has 116 valence electrons. The lowest BCUT2D eigenvalue weighted by molar-refractivity contribution is -0.141. The molecule has 1 aromatic carbocycles. The van der Waals surface area contributed by atoms with Crippen LogP contribution in [0.5, 0.6) is 0 Å². The van der Waals surface area contributed by atoms with Crippen LogP contribution in [0.15, 0.2) is 24.3 Å². The van der Waals surface area contributed by atoms with E-state index in [0.29, 0.717) is 5.69 Å². The summed E-state index contributed by atoms with van der Waals surface area (Å²) in [6, 6.07) is 5.81. The number of hydrogen-bond acceptors (Lipinski definition) is 3. The lowest BCUT2D eigenvalue weighted by Gasteiger charge is -2.28. The summed E-state index contributed by atoms with van der Waals surface area (Å²) in [4.78, 5) is 25.2. The van der Waals surface area contributed by atoms with Gasteiger partial charge in [-0.15, -0.1) is 0 Å². The number of para-hydroxylation sites is 2. The summed E-state index contributed by atoms with van der Waals surface area (Å²) >= 11 is 0. The van der Waals surface area contributed by atoms with Crippen LogP contribution in [-0.4, -0.2) is 37.2 Å². The summed E-state index contributed by atoms with van der Waals surface area (Å²) in [6.07, 6.45) is 0. The van der Waals surface area contributed by atoms with E-state index in [9.17, 15) is 14.7 Å². The van der Waals surface area contributed by atoms with Crippen molar-refractivity contribution < 1.29 is 14.7 Å². The number of carboxylic acids is 1. The van der Waals surface area contributed by atoms with Gasteiger partial charge < -0.3 is 20.6 Å². The standard InChI is InChI=1S/C15H23N3O3/c1-15(2,3)12(13(19)20)17-14(21)16-10-8-6-7-9-11(10)18(4)5/h6-9,12H,1-5H3,(H,19,20)(H2,16,17,21)/t12-/m0/s1. The maximum Gasteiger partial charge on any atom is 0.326 e. The molecule has 0 saturated carbocycles. The molecule has 21 heavy (non-hydrogen) atoms. The highest BCUT2D eigenvalue weighted by atomic mass is 16.4. The normalized spacial score (nSPS) is 12.4. The van der Waals surface area contributed by atoms with Gasteiger partial charge in [0.15, 0.2) is 0 Å². The van der Waals surface area contributed by atoms with Crippen molar-refractivity contribution in [3.8, 4) is 0 Å². The van der Waals surface area contributed by atoms with Crippen molar-refractivity contribution in [2.75, 3.05) is 24.3 Å². The molecule has 1 aromatic rings. The molecule has 0 radical (unpaired) electrons. The Morgan fingerprint density at radius 1 is 1.19 bits per heavy atom. The molecule has 6 nitrogen and oxygen atoms in total. The van der Waals surface area contributed by atoms with Gasteiger partial charge >= 0.3 is 12.0 Å². The number of amides is 2. The third kappa shape index (κ3) is 4.66. The fourth-order valence-corrected chi connectivity index (χ4v) is 1.91. The highest BCUT2D eigenvalue weighted by Gasteiger charge is 2.32. The van der Waals surface area contributed by atoms with Crippen LogP contribution in [0.1, 0.15) is 20.8 Å². The van der Waals surface area contributed by atoms with Crippen molar-refractivity contribution >= 4 is 23.4 Å². The van der Waals surface area contributed by atoms with Crippen molar-refractivity contribution in [3.05, 3.63) is 24.3 Å². The van der Waals surface area contributed by atoms with E-state index in [1.54, 1.807) is 32.9 Å². The zero-order valence-corrected chi connectivity index (χ0v) is 13.1. The Labute approximate surface area is 125 Å². The smallest absolute Gasteiger partial charge is 0.326 e. The fraction of sp³-hybridized carbons (Fsp3) is 0.467. The van der Waals surface area contributed by atoms with E-state index in [1.165, 1.54) is 0 Å². The second-order valence-corrected chi connectivity index (χ2v) is 6.15. The van der Waals surface area contributed by atoms with Crippen molar-refractivity contribution in [1.82, 2.24) is 5.32 Å². The van der Waals surface area contributed by atoms with Crippen LogP contribution in [0.25, 0.3) is 0 Å². The van der Waals surface area contributed by atoms with Crippen molar-refractivity contribution in [2.45, 2.75) is 26.8 Å². The number of urea groups is 1. The van der Waals surface area contributed by atoms with Gasteiger partial charge in [0, 0.05) is 14.1 Å². The van der Waals surface area contributed by atoms with E-state index in [0.717, 1.165) is 5.69 Å². The Kier molecular flexibility index (Phi) is 5.18. The molecule has 0 saturated heterocycles. The Balaban J connectivity index is 2.85. The first-order chi connectivity index (χ1) is 9.62. The summed E-state index contributed by atoms with van der Waals surface area (Å²) in [5.74, 6) is -1.06. The van der Waals surface area contributed by atoms with E-state index in [1.807, 2.05) is 31.1 Å². The summed E-state index contributed by atoms with van der Waals surface area (Å²) in [6.45, 7) is 5.29. The van der Waals surface area contributed by atoms with Gasteiger partial charge in [-0.3, -0.25) is 0 Å². The van der Waals surface area contributed by atoms with Gasteiger partial charge in [-0.25, -0.2) is 9.59 Å². The molecule has 0 heterocycles. The quantitative estimate of drug-likeness (QED) is 0.796. The molecule has 0 fully saturated rings. The fourth-order valence-electron chi connectivity index (χ4n) is 1.91. The van der Waals surface area contributed by atoms with Crippen LogP contribution in [-0.2, 0) is 4.79 Å². The Hall–Kier alpha value is -2.24. The van der Waals surface area contributed by atoms with Gasteiger partial charge in [0.1, 0.15) is 6.04 Å². The van der Waals surface area contributed by atoms with Crippen LogP contribution in [0.4, 0.5) is 16.2 Å². The zero-order chi connectivity index (χ0) is 16.2. The van der Waals surface area contributed by atoms with Crippen molar-refractivity contribution in [2.24, 2.45) is 5.41 Å². The van der Waals surface area contributed by atoms with Crippen molar-refractivity contribution in [3.63, 3.8) is 0 Å². The molecule has 2 amide bonds. The van der Waals surface area contributed by atoms with Gasteiger partial charge in [0.05, 0.1) is 11.4 Å². The first kappa shape index (κ1) is 16.8. The van der Waals surface area contributed by atoms with Crippen LogP contribution in [0.3, 0.4) is 0 Å². The van der Waals surface area contributed by atoms with Gasteiger partial charge in [-0.1, -0.05) is 32.9 Å². The molecule has 0 aromatic heterocycles. The number of carboxylic acid groups (broad SMARTS) is 1. The summed E-state index contributed by atoms with van der Waals surface area (Å²) in [7, 11) is 3.74. The summed E-state index contributed by atoms with van der Waals surface area (Å²) < 4.78 is 0. The maximum atomic E-state index is 12.0. The average Bonchev–Trinajstić information content (AvgIpc) is 2.34. The average molecular weight is 293 g/mol. The number of benzene rings is 1. The number of aliphatic carboxylic acids is 1. The molecule has 3 N–H and O–H groups in total. The first-order valence-electron chi connectivity index (χ1n) is 6.69. The van der Waals surface area contributed by atoms with E-state index in [2.05, 4.69) is 10.6 Å². The number of nitrogens with zero attached hydrogens (tertiary/aromatic N) is 1. The van der Waals surface area contributed by atoms with E-state index < -0.39 is 23.5 Å². The molecule has 0 aliphatic heterocycles. The number of hydrogen-bond donors (Lipinski definition) is 3. The minimum atomic E-state index is -1.06. The molecule has 6 heteroatoms. The highest BCUT2D eigenvalue weighted by Crippen LogP contribution is 2.24. The van der Waals surface area contributed by atoms with Crippen LogP contribution < -0.4 is 15.5 Å². The largest absolute Gasteiger partial charge is 0.480 e. The summed E-state index contributed by atoms with van der Waals surface area (Å²) in [5, 5.41) is 14.4. The lowest BCUT2D eigenvalue weighted by atomic mass is 9.87. The molecule has 1 atom stereocenters. The molecular formula is C15H23N3O3. The number of carbonyl (C=O) groups is 2. The Morgan fingerprint density at radius 2 is 1.76 bits per heavy atom. The topological polar surface area (TPSA) is 81.7 Å². The minimum Gasteiger partial charge on any atom is -0.480 e. The van der Waals surface area contributed by atoms with E-state index in [4.69, 9.17) is 0 Å². The SMILES string of the molecule is CN(C)c1ccccc1NC(=O)N[C@@H](C(=O)O)C(C)(C)C. The number of anilines is 2. The molecule has 0 aliphatic carbocycles. The highest BCUT2D eigenvalue weighted by molar-refractivity contribution is 5.95. The molecular weight excluding hydrogens is 270 g/mol.